The number of nitriles is 1. The van der Waals surface area contributed by atoms with Crippen molar-refractivity contribution < 1.29 is 9.84 Å². The average molecular weight is 379 g/mol. The van der Waals surface area contributed by atoms with Crippen LogP contribution in [-0.4, -0.2) is 45.5 Å². The number of benzene rings is 1. The second kappa shape index (κ2) is 9.34. The molecule has 9 nitrogen and oxygen atoms in total. The molecule has 0 saturated carbocycles. The molecule has 3 aromatic rings. The summed E-state index contributed by atoms with van der Waals surface area (Å²) in [7, 11) is 1.53. The Morgan fingerprint density at radius 3 is 2.57 bits per heavy atom. The fraction of sp³-hybridized carbons (Fsp3) is 0.263. The number of anilines is 2. The van der Waals surface area contributed by atoms with Crippen LogP contribution in [0.15, 0.2) is 36.7 Å². The Hall–Kier alpha value is -3.64. The van der Waals surface area contributed by atoms with Gasteiger partial charge in [-0.2, -0.15) is 10.4 Å². The van der Waals surface area contributed by atoms with E-state index >= 15 is 0 Å². The monoisotopic (exact) mass is 379 g/mol. The number of hydrogen-bond acceptors (Lipinski definition) is 8. The van der Waals surface area contributed by atoms with Crippen molar-refractivity contribution in [2.24, 2.45) is 0 Å². The maximum Gasteiger partial charge on any atom is 0.158 e. The van der Waals surface area contributed by atoms with Crippen LogP contribution in [0.1, 0.15) is 18.5 Å². The van der Waals surface area contributed by atoms with Crippen LogP contribution in [0.5, 0.6) is 11.5 Å². The highest BCUT2D eigenvalue weighted by molar-refractivity contribution is 5.71. The number of hydrogen-bond donors (Lipinski definition) is 4. The van der Waals surface area contributed by atoms with Gasteiger partial charge in [-0.25, -0.2) is 9.97 Å². The van der Waals surface area contributed by atoms with Gasteiger partial charge in [0.1, 0.15) is 23.4 Å². The molecule has 1 aliphatic heterocycles. The molecule has 4 N–H and O–H groups in total. The highest BCUT2D eigenvalue weighted by atomic mass is 16.5. The van der Waals surface area contributed by atoms with Gasteiger partial charge >= 0.3 is 0 Å². The molecule has 0 spiro atoms. The van der Waals surface area contributed by atoms with Crippen LogP contribution in [0.25, 0.3) is 11.3 Å². The number of rotatable bonds is 4. The topological polar surface area (TPSA) is 132 Å². The van der Waals surface area contributed by atoms with Crippen molar-refractivity contribution in [3.63, 3.8) is 0 Å². The highest BCUT2D eigenvalue weighted by Gasteiger charge is 2.10. The average Bonchev–Trinajstić information content (AvgIpc) is 3.44. The summed E-state index contributed by atoms with van der Waals surface area (Å²) in [4.78, 5) is 7.99. The van der Waals surface area contributed by atoms with E-state index < -0.39 is 0 Å². The molecule has 1 saturated heterocycles. The predicted molar refractivity (Wildman–Crippen MR) is 104 cm³/mol. The van der Waals surface area contributed by atoms with Gasteiger partial charge < -0.3 is 20.5 Å². The van der Waals surface area contributed by atoms with Crippen molar-refractivity contribution in [1.29, 1.82) is 5.26 Å². The van der Waals surface area contributed by atoms with Gasteiger partial charge in [0.15, 0.2) is 11.5 Å². The van der Waals surface area contributed by atoms with E-state index in [9.17, 15) is 5.11 Å². The van der Waals surface area contributed by atoms with Gasteiger partial charge in [-0.15, -0.1) is 0 Å². The van der Waals surface area contributed by atoms with Gasteiger partial charge in [0.2, 0.25) is 0 Å². The minimum atomic E-state index is 0.122. The predicted octanol–water partition coefficient (Wildman–Crippen LogP) is 2.57. The van der Waals surface area contributed by atoms with Gasteiger partial charge in [-0.3, -0.25) is 5.10 Å². The Bertz CT molecular complexity index is 936. The third-order valence-corrected chi connectivity index (χ3v) is 4.03. The molecule has 0 atom stereocenters. The molecule has 28 heavy (non-hydrogen) atoms. The summed E-state index contributed by atoms with van der Waals surface area (Å²) in [5.41, 5.74) is 1.72. The molecule has 0 aliphatic carbocycles. The van der Waals surface area contributed by atoms with Crippen LogP contribution >= 0.6 is 0 Å². The Balaban J connectivity index is 0.000000391. The fourth-order valence-corrected chi connectivity index (χ4v) is 2.63. The van der Waals surface area contributed by atoms with Gasteiger partial charge in [0.25, 0.3) is 0 Å². The van der Waals surface area contributed by atoms with E-state index in [0.717, 1.165) is 5.56 Å². The standard InChI is InChI=1S/C15H12N6O2.C4H9N/c1-23-13-4-10(22)2-3-11(13)12-5-14(21-20-12)19-15-8-17-9(6-16)7-18-15;1-2-4-5-3-1/h2-5,7-8,22H,1H3,(H2,18,19,20,21);5H,1-4H2. The molecule has 0 radical (unpaired) electrons. The number of ether oxygens (including phenoxy) is 1. The maximum atomic E-state index is 9.50. The summed E-state index contributed by atoms with van der Waals surface area (Å²) < 4.78 is 5.25. The van der Waals surface area contributed by atoms with Crippen molar-refractivity contribution in [2.75, 3.05) is 25.5 Å². The summed E-state index contributed by atoms with van der Waals surface area (Å²) in [6.07, 6.45) is 5.60. The molecule has 3 heterocycles. The van der Waals surface area contributed by atoms with E-state index in [1.54, 1.807) is 18.2 Å². The van der Waals surface area contributed by atoms with Crippen LogP contribution in [0, 0.1) is 11.3 Å². The second-order valence-electron chi connectivity index (χ2n) is 6.03. The minimum absolute atomic E-state index is 0.122. The lowest BCUT2D eigenvalue weighted by Crippen LogP contribution is -2.03. The van der Waals surface area contributed by atoms with Crippen molar-refractivity contribution in [2.45, 2.75) is 12.8 Å². The summed E-state index contributed by atoms with van der Waals surface area (Å²) in [6, 6.07) is 8.50. The van der Waals surface area contributed by atoms with Crippen molar-refractivity contribution >= 4 is 11.6 Å². The van der Waals surface area contributed by atoms with E-state index in [1.165, 1.54) is 51.5 Å². The number of aromatic nitrogens is 4. The van der Waals surface area contributed by atoms with Gasteiger partial charge in [0, 0.05) is 17.7 Å². The molecule has 0 bridgehead atoms. The van der Waals surface area contributed by atoms with Crippen LogP contribution in [-0.2, 0) is 0 Å². The highest BCUT2D eigenvalue weighted by Crippen LogP contribution is 2.32. The zero-order chi connectivity index (χ0) is 19.8. The number of phenolic OH excluding ortho intramolecular Hbond substituents is 1. The van der Waals surface area contributed by atoms with Crippen molar-refractivity contribution in [3.8, 4) is 28.8 Å². The van der Waals surface area contributed by atoms with E-state index in [-0.39, 0.29) is 11.4 Å². The molecule has 4 rings (SSSR count). The largest absolute Gasteiger partial charge is 0.508 e. The Kier molecular flexibility index (Phi) is 6.38. The van der Waals surface area contributed by atoms with Crippen molar-refractivity contribution in [3.05, 3.63) is 42.4 Å². The maximum absolute atomic E-state index is 9.50. The minimum Gasteiger partial charge on any atom is -0.508 e. The molecule has 2 aromatic heterocycles. The third kappa shape index (κ3) is 4.96. The van der Waals surface area contributed by atoms with Gasteiger partial charge in [0.05, 0.1) is 25.2 Å². The fourth-order valence-electron chi connectivity index (χ4n) is 2.63. The third-order valence-electron chi connectivity index (χ3n) is 4.03. The zero-order valence-corrected chi connectivity index (χ0v) is 15.4. The summed E-state index contributed by atoms with van der Waals surface area (Å²) >= 11 is 0. The van der Waals surface area contributed by atoms with Gasteiger partial charge in [-0.1, -0.05) is 0 Å². The van der Waals surface area contributed by atoms with Crippen LogP contribution < -0.4 is 15.4 Å². The quantitative estimate of drug-likeness (QED) is 0.544. The Morgan fingerprint density at radius 1 is 1.14 bits per heavy atom. The number of nitrogens with zero attached hydrogens (tertiary/aromatic N) is 4. The summed E-state index contributed by atoms with van der Waals surface area (Å²) in [5, 5.41) is 31.4. The molecule has 1 aromatic carbocycles. The SMILES string of the molecule is C1CCNC1.COc1cc(O)ccc1-c1cc(Nc2cnc(C#N)cn2)n[nH]1. The number of phenols is 1. The van der Waals surface area contributed by atoms with Crippen LogP contribution in [0.2, 0.25) is 0 Å². The lowest BCUT2D eigenvalue weighted by atomic mass is 10.1. The molecule has 1 aliphatic rings. The number of aromatic amines is 1. The van der Waals surface area contributed by atoms with E-state index in [4.69, 9.17) is 10.00 Å². The lowest BCUT2D eigenvalue weighted by molar-refractivity contribution is 0.409. The summed E-state index contributed by atoms with van der Waals surface area (Å²) in [5.74, 6) is 1.66. The second-order valence-corrected chi connectivity index (χ2v) is 6.03. The van der Waals surface area contributed by atoms with Crippen LogP contribution in [0.4, 0.5) is 11.6 Å². The first-order valence-corrected chi connectivity index (χ1v) is 8.82. The van der Waals surface area contributed by atoms with Crippen molar-refractivity contribution in [1.82, 2.24) is 25.5 Å². The molecular formula is C19H21N7O2. The Labute approximate surface area is 162 Å². The van der Waals surface area contributed by atoms with Gasteiger partial charge in [-0.05, 0) is 38.1 Å². The number of aromatic hydroxyl groups is 1. The normalized spacial score (nSPS) is 12.6. The lowest BCUT2D eigenvalue weighted by Gasteiger charge is -2.06. The molecule has 0 amide bonds. The molecule has 9 heteroatoms. The van der Waals surface area contributed by atoms with E-state index in [0.29, 0.717) is 23.1 Å². The Morgan fingerprint density at radius 2 is 1.96 bits per heavy atom. The molecular weight excluding hydrogens is 358 g/mol. The first kappa shape index (κ1) is 19.1. The zero-order valence-electron chi connectivity index (χ0n) is 15.4. The first-order chi connectivity index (χ1) is 13.7. The first-order valence-electron chi connectivity index (χ1n) is 8.82. The van der Waals surface area contributed by atoms with Crippen LogP contribution in [0.3, 0.4) is 0 Å². The number of methoxy groups -OCH3 is 1. The van der Waals surface area contributed by atoms with E-state index in [1.807, 2.05) is 6.07 Å². The number of nitrogens with one attached hydrogen (secondary N) is 3. The molecule has 144 valence electrons. The smallest absolute Gasteiger partial charge is 0.158 e. The molecule has 1 fully saturated rings. The number of H-pyrrole nitrogens is 1. The summed E-state index contributed by atoms with van der Waals surface area (Å²) in [6.45, 7) is 2.50. The molecule has 0 unspecified atom stereocenters. The van der Waals surface area contributed by atoms with E-state index in [2.05, 4.69) is 30.8 Å².